The molecule has 1 atom stereocenters. The van der Waals surface area contributed by atoms with Crippen LogP contribution in [0.5, 0.6) is 0 Å². The molecule has 1 N–H and O–H groups in total. The van der Waals surface area contributed by atoms with Crippen LogP contribution >= 0.6 is 0 Å². The first-order chi connectivity index (χ1) is 9.61. The number of nitrogens with one attached hydrogen (secondary N) is 1. The van der Waals surface area contributed by atoms with Gasteiger partial charge in [0.2, 0.25) is 10.0 Å². The van der Waals surface area contributed by atoms with E-state index in [0.29, 0.717) is 18.0 Å². The van der Waals surface area contributed by atoms with Crippen molar-refractivity contribution in [2.24, 2.45) is 0 Å². The van der Waals surface area contributed by atoms with E-state index in [2.05, 4.69) is 5.32 Å². The highest BCUT2D eigenvalue weighted by Gasteiger charge is 2.30. The highest BCUT2D eigenvalue weighted by atomic mass is 32.2. The normalized spacial score (nSPS) is 23.4. The molecule has 1 aromatic carbocycles. The third kappa shape index (κ3) is 2.43. The van der Waals surface area contributed by atoms with E-state index in [1.165, 1.54) is 5.56 Å². The molecule has 5 nitrogen and oxygen atoms in total. The molecule has 0 bridgehead atoms. The number of hydrogen-bond acceptors (Lipinski definition) is 4. The van der Waals surface area contributed by atoms with Crippen LogP contribution in [-0.4, -0.2) is 45.6 Å². The van der Waals surface area contributed by atoms with Crippen molar-refractivity contribution in [3.63, 3.8) is 0 Å². The Morgan fingerprint density at radius 1 is 1.40 bits per heavy atom. The fourth-order valence-electron chi connectivity index (χ4n) is 2.90. The monoisotopic (exact) mass is 296 g/mol. The van der Waals surface area contributed by atoms with E-state index < -0.39 is 10.0 Å². The summed E-state index contributed by atoms with van der Waals surface area (Å²) >= 11 is 0. The number of benzene rings is 1. The number of rotatable bonds is 3. The predicted octanol–water partition coefficient (Wildman–Crippen LogP) is 1.45. The van der Waals surface area contributed by atoms with Crippen molar-refractivity contribution in [2.75, 3.05) is 32.1 Å². The second-order valence-electron chi connectivity index (χ2n) is 5.36. The van der Waals surface area contributed by atoms with Crippen molar-refractivity contribution in [2.45, 2.75) is 30.3 Å². The van der Waals surface area contributed by atoms with Crippen LogP contribution in [0.25, 0.3) is 0 Å². The van der Waals surface area contributed by atoms with Gasteiger partial charge in [0, 0.05) is 32.4 Å². The fourth-order valence-corrected chi connectivity index (χ4v) is 4.43. The first-order valence-electron chi connectivity index (χ1n) is 7.01. The van der Waals surface area contributed by atoms with Gasteiger partial charge in [0.05, 0.1) is 11.0 Å². The van der Waals surface area contributed by atoms with Crippen molar-refractivity contribution in [1.29, 1.82) is 0 Å². The van der Waals surface area contributed by atoms with Gasteiger partial charge in [0.15, 0.2) is 0 Å². The zero-order valence-electron chi connectivity index (χ0n) is 11.6. The van der Waals surface area contributed by atoms with E-state index in [0.717, 1.165) is 31.5 Å². The fraction of sp³-hybridized carbons (Fsp3) is 0.571. The van der Waals surface area contributed by atoms with Gasteiger partial charge in [-0.3, -0.25) is 0 Å². The topological polar surface area (TPSA) is 58.6 Å². The minimum Gasteiger partial charge on any atom is -0.384 e. The SMILES string of the molecule is COC1CCCN(S(=O)(=O)c2ccc3c(c2)NCC3)C1. The van der Waals surface area contributed by atoms with Gasteiger partial charge in [-0.05, 0) is 37.0 Å². The third-order valence-corrected chi connectivity index (χ3v) is 5.96. The molecule has 2 aliphatic heterocycles. The molecule has 0 spiro atoms. The standard InChI is InChI=1S/C14H20N2O3S/c1-19-12-3-2-8-16(10-12)20(17,18)13-5-4-11-6-7-15-14(11)9-13/h4-5,9,12,15H,2-3,6-8,10H2,1H3. The Labute approximate surface area is 120 Å². The van der Waals surface area contributed by atoms with E-state index in [1.54, 1.807) is 23.5 Å². The molecule has 1 aromatic rings. The Morgan fingerprint density at radius 2 is 2.25 bits per heavy atom. The minimum atomic E-state index is -3.41. The number of ether oxygens (including phenoxy) is 1. The molecule has 3 rings (SSSR count). The van der Waals surface area contributed by atoms with E-state index in [-0.39, 0.29) is 6.10 Å². The zero-order valence-corrected chi connectivity index (χ0v) is 12.4. The van der Waals surface area contributed by atoms with Crippen LogP contribution in [-0.2, 0) is 21.2 Å². The van der Waals surface area contributed by atoms with Crippen LogP contribution < -0.4 is 5.32 Å². The second-order valence-corrected chi connectivity index (χ2v) is 7.30. The maximum atomic E-state index is 12.7. The summed E-state index contributed by atoms with van der Waals surface area (Å²) < 4.78 is 32.2. The molecular formula is C14H20N2O3S. The number of fused-ring (bicyclic) bond motifs is 1. The summed E-state index contributed by atoms with van der Waals surface area (Å²) in [4.78, 5) is 0.377. The zero-order chi connectivity index (χ0) is 14.2. The molecule has 0 saturated carbocycles. The van der Waals surface area contributed by atoms with Crippen LogP contribution in [0.1, 0.15) is 18.4 Å². The van der Waals surface area contributed by atoms with Crippen molar-refractivity contribution in [3.05, 3.63) is 23.8 Å². The summed E-state index contributed by atoms with van der Waals surface area (Å²) in [6, 6.07) is 5.39. The molecule has 20 heavy (non-hydrogen) atoms. The van der Waals surface area contributed by atoms with E-state index in [9.17, 15) is 8.42 Å². The number of anilines is 1. The highest BCUT2D eigenvalue weighted by Crippen LogP contribution is 2.28. The van der Waals surface area contributed by atoms with Gasteiger partial charge in [-0.2, -0.15) is 4.31 Å². The molecule has 6 heteroatoms. The van der Waals surface area contributed by atoms with Gasteiger partial charge in [0.1, 0.15) is 0 Å². The maximum Gasteiger partial charge on any atom is 0.243 e. The Morgan fingerprint density at radius 3 is 3.05 bits per heavy atom. The summed E-state index contributed by atoms with van der Waals surface area (Å²) in [6.07, 6.45) is 2.74. The van der Waals surface area contributed by atoms with Crippen LogP contribution in [0.4, 0.5) is 5.69 Å². The minimum absolute atomic E-state index is 0.00563. The highest BCUT2D eigenvalue weighted by molar-refractivity contribution is 7.89. The summed E-state index contributed by atoms with van der Waals surface area (Å²) in [5.41, 5.74) is 2.14. The number of piperidine rings is 1. The lowest BCUT2D eigenvalue weighted by atomic mass is 10.1. The molecule has 1 unspecified atom stereocenters. The molecule has 2 aliphatic rings. The van der Waals surface area contributed by atoms with Crippen LogP contribution in [0.3, 0.4) is 0 Å². The summed E-state index contributed by atoms with van der Waals surface area (Å²) in [7, 11) is -1.77. The molecule has 0 amide bonds. The lowest BCUT2D eigenvalue weighted by Crippen LogP contribution is -2.42. The lowest BCUT2D eigenvalue weighted by Gasteiger charge is -2.31. The van der Waals surface area contributed by atoms with E-state index in [4.69, 9.17) is 4.74 Å². The number of nitrogens with zero attached hydrogens (tertiary/aromatic N) is 1. The first kappa shape index (κ1) is 13.9. The van der Waals surface area contributed by atoms with Gasteiger partial charge in [-0.25, -0.2) is 8.42 Å². The van der Waals surface area contributed by atoms with Crippen molar-refractivity contribution < 1.29 is 13.2 Å². The Balaban J connectivity index is 1.87. The lowest BCUT2D eigenvalue weighted by molar-refractivity contribution is 0.0572. The van der Waals surface area contributed by atoms with Crippen molar-refractivity contribution >= 4 is 15.7 Å². The third-order valence-electron chi connectivity index (χ3n) is 4.10. The molecule has 0 aliphatic carbocycles. The summed E-state index contributed by atoms with van der Waals surface area (Å²) in [6.45, 7) is 1.91. The molecular weight excluding hydrogens is 276 g/mol. The van der Waals surface area contributed by atoms with Crippen molar-refractivity contribution in [3.8, 4) is 0 Å². The van der Waals surface area contributed by atoms with Crippen molar-refractivity contribution in [1.82, 2.24) is 4.31 Å². The number of sulfonamides is 1. The molecule has 110 valence electrons. The van der Waals surface area contributed by atoms with Gasteiger partial charge >= 0.3 is 0 Å². The van der Waals surface area contributed by atoms with E-state index in [1.807, 2.05) is 6.07 Å². The smallest absolute Gasteiger partial charge is 0.243 e. The largest absolute Gasteiger partial charge is 0.384 e. The molecule has 0 aromatic heterocycles. The van der Waals surface area contributed by atoms with E-state index >= 15 is 0 Å². The average molecular weight is 296 g/mol. The summed E-state index contributed by atoms with van der Waals surface area (Å²) in [5.74, 6) is 0. The van der Waals surface area contributed by atoms with Gasteiger partial charge < -0.3 is 10.1 Å². The first-order valence-corrected chi connectivity index (χ1v) is 8.45. The van der Waals surface area contributed by atoms with Crippen LogP contribution in [0.15, 0.2) is 23.1 Å². The summed E-state index contributed by atoms with van der Waals surface area (Å²) in [5, 5.41) is 3.23. The Hall–Kier alpha value is -1.11. The number of hydrogen-bond donors (Lipinski definition) is 1. The Bertz CT molecular complexity index is 600. The quantitative estimate of drug-likeness (QED) is 0.917. The second kappa shape index (κ2) is 5.35. The molecule has 2 heterocycles. The van der Waals surface area contributed by atoms with Gasteiger partial charge in [-0.15, -0.1) is 0 Å². The van der Waals surface area contributed by atoms with Gasteiger partial charge in [-0.1, -0.05) is 6.07 Å². The molecule has 0 radical (unpaired) electrons. The van der Waals surface area contributed by atoms with Crippen LogP contribution in [0, 0.1) is 0 Å². The Kier molecular flexibility index (Phi) is 3.70. The molecule has 1 saturated heterocycles. The number of methoxy groups -OCH3 is 1. The van der Waals surface area contributed by atoms with Gasteiger partial charge in [0.25, 0.3) is 0 Å². The predicted molar refractivity (Wildman–Crippen MR) is 77.4 cm³/mol. The average Bonchev–Trinajstić information content (AvgIpc) is 2.94. The van der Waals surface area contributed by atoms with Crippen LogP contribution in [0.2, 0.25) is 0 Å². The maximum absolute atomic E-state index is 12.7. The molecule has 1 fully saturated rings.